The van der Waals surface area contributed by atoms with Crippen molar-refractivity contribution in [1.82, 2.24) is 0 Å². The van der Waals surface area contributed by atoms with Gasteiger partial charge in [-0.05, 0) is 0 Å². The van der Waals surface area contributed by atoms with Gasteiger partial charge in [-0.3, -0.25) is 0 Å². The summed E-state index contributed by atoms with van der Waals surface area (Å²) in [6, 6.07) is 58.7. The van der Waals surface area contributed by atoms with Gasteiger partial charge >= 0.3 is 0 Å². The first-order valence-electron chi connectivity index (χ1n) is 18.2. The zero-order valence-corrected chi connectivity index (χ0v) is 37.7. The van der Waals surface area contributed by atoms with E-state index in [9.17, 15) is 14.4 Å². The van der Waals surface area contributed by atoms with Crippen LogP contribution in [0.5, 0.6) is 0 Å². The molecule has 6 aromatic rings. The molecule has 0 amide bonds. The molecule has 0 atom stereocenters. The van der Waals surface area contributed by atoms with Crippen LogP contribution in [0.4, 0.5) is 0 Å². The van der Waals surface area contributed by atoms with Crippen molar-refractivity contribution < 1.29 is 55.2 Å². The Morgan fingerprint density at radius 1 is 0.283 bits per heavy atom. The van der Waals surface area contributed by atoms with Crippen LogP contribution in [0.25, 0.3) is 0 Å². The van der Waals surface area contributed by atoms with Gasteiger partial charge in [0.1, 0.15) is 0 Å². The van der Waals surface area contributed by atoms with Gasteiger partial charge in [-0.25, -0.2) is 33.4 Å². The Balaban J connectivity index is 0.000000423. The molecule has 3 nitrogen and oxygen atoms in total. The molecule has 0 aliphatic heterocycles. The Hall–Kier alpha value is -5.04. The number of halogens is 3. The van der Waals surface area contributed by atoms with Gasteiger partial charge in [-0.1, -0.05) is 71.2 Å². The number of ketones is 3. The van der Waals surface area contributed by atoms with Crippen LogP contribution in [0.2, 0.25) is 0 Å². The van der Waals surface area contributed by atoms with Crippen LogP contribution in [-0.2, 0) is 55.2 Å². The van der Waals surface area contributed by atoms with E-state index < -0.39 is 4.30 Å². The summed E-state index contributed by atoms with van der Waals surface area (Å²) in [5, 5.41) is 0. The van der Waals surface area contributed by atoms with Crippen LogP contribution in [0.3, 0.4) is 0 Å². The minimum absolute atomic E-state index is 0. The number of carbonyl (C=O) groups excluding carboxylic acids is 3. The van der Waals surface area contributed by atoms with Crippen molar-refractivity contribution in [3.8, 4) is 0 Å². The van der Waals surface area contributed by atoms with E-state index in [1.807, 2.05) is 221 Å². The Morgan fingerprint density at radius 2 is 0.400 bits per heavy atom. The van der Waals surface area contributed by atoms with Crippen molar-refractivity contribution in [1.29, 1.82) is 0 Å². The van der Waals surface area contributed by atoms with Gasteiger partial charge in [0.15, 0.2) is 4.30 Å². The first-order valence-corrected chi connectivity index (χ1v) is 19.5. The fraction of sp³-hybridized carbons (Fsp3) is 0.0192. The van der Waals surface area contributed by atoms with Gasteiger partial charge in [-0.2, -0.15) is 90.1 Å². The van der Waals surface area contributed by atoms with Gasteiger partial charge in [-0.15, -0.1) is 72.8 Å². The van der Waals surface area contributed by atoms with Gasteiger partial charge in [0.05, 0.1) is 0 Å². The van der Waals surface area contributed by atoms with Crippen molar-refractivity contribution in [3.05, 3.63) is 292 Å². The van der Waals surface area contributed by atoms with Crippen LogP contribution < -0.4 is 0 Å². The maximum absolute atomic E-state index is 11.6. The average Bonchev–Trinajstić information content (AvgIpc) is 3.27. The summed E-state index contributed by atoms with van der Waals surface area (Å²) in [6.45, 7) is 0. The molecule has 0 fully saturated rings. The third-order valence-electron chi connectivity index (χ3n) is 7.44. The standard InChI is InChI=1S/3C17H14O.CHCl3.2Pd/c3*18-17(13-11-15-7-3-1-4-8-15)14-12-16-9-5-2-6-10-16;2-1(3)4;;/h3*1-14H;1H;;/q3*-4;;;. The molecule has 6 rings (SSSR count). The molecule has 0 spiro atoms. The second-order valence-corrected chi connectivity index (χ2v) is 13.9. The van der Waals surface area contributed by atoms with E-state index in [0.717, 1.165) is 33.4 Å². The third kappa shape index (κ3) is 26.9. The monoisotopic (exact) mass is 1030 g/mol. The summed E-state index contributed by atoms with van der Waals surface area (Å²) in [5.41, 5.74) is 6.16. The van der Waals surface area contributed by atoms with Crippen LogP contribution in [0.15, 0.2) is 182 Å². The molecule has 0 unspecified atom stereocenters. The van der Waals surface area contributed by atoms with Crippen molar-refractivity contribution >= 4 is 52.2 Å². The molecule has 322 valence electrons. The number of hydrogen-bond donors (Lipinski definition) is 0. The molecule has 6 aromatic carbocycles. The molecule has 0 aliphatic carbocycles. The minimum atomic E-state index is -0.750. The van der Waals surface area contributed by atoms with E-state index in [2.05, 4.69) is 0 Å². The fourth-order valence-corrected chi connectivity index (χ4v) is 4.62. The van der Waals surface area contributed by atoms with E-state index in [1.165, 1.54) is 0 Å². The van der Waals surface area contributed by atoms with Crippen LogP contribution in [0.1, 0.15) is 33.4 Å². The molecule has 0 heterocycles. The number of rotatable bonds is 18. The second kappa shape index (κ2) is 33.8. The van der Waals surface area contributed by atoms with Gasteiger partial charge < -0.3 is 91.4 Å². The van der Waals surface area contributed by atoms with Crippen LogP contribution >= 0.6 is 34.8 Å². The van der Waals surface area contributed by atoms with Crippen molar-refractivity contribution in [2.24, 2.45) is 0 Å². The molecule has 0 bridgehead atoms. The second-order valence-electron chi connectivity index (χ2n) is 11.9. The smallest absolute Gasteiger partial charge is 0.180 e. The SMILES string of the molecule is ClC(Cl)Cl.O=C([CH-][CH-]c1ccccc1)[CH-][CH-]c1ccccc1.O=C([CH-][CH-]c1ccccc1)[CH-][CH-]c1ccccc1.O=C([CH-][CH-]c1ccccc1)[CH-][CH-]c1ccccc1.[Pd].[Pd]. The van der Waals surface area contributed by atoms with E-state index >= 15 is 0 Å². The molecule has 0 saturated heterocycles. The molecule has 0 N–H and O–H groups in total. The number of benzene rings is 6. The first kappa shape index (κ1) is 53.0. The van der Waals surface area contributed by atoms with Crippen molar-refractivity contribution in [2.45, 2.75) is 4.30 Å². The Kier molecular flexibility index (Phi) is 29.8. The van der Waals surface area contributed by atoms with Crippen molar-refractivity contribution in [2.75, 3.05) is 0 Å². The van der Waals surface area contributed by atoms with E-state index in [0.29, 0.717) is 0 Å². The third-order valence-corrected chi connectivity index (χ3v) is 7.44. The number of hydrogen-bond acceptors (Lipinski definition) is 3. The average molecular weight is 1040 g/mol. The maximum Gasteiger partial charge on any atom is 0.180 e. The number of alkyl halides is 3. The van der Waals surface area contributed by atoms with Crippen molar-refractivity contribution in [3.63, 3.8) is 0 Å². The van der Waals surface area contributed by atoms with E-state index in [4.69, 9.17) is 34.8 Å². The molecular formula is C52H43Cl3O3Pd2-12. The Morgan fingerprint density at radius 3 is 0.517 bits per heavy atom. The van der Waals surface area contributed by atoms with E-state index in [-0.39, 0.29) is 58.2 Å². The molecular weight excluding hydrogens is 992 g/mol. The topological polar surface area (TPSA) is 51.2 Å². The summed E-state index contributed by atoms with van der Waals surface area (Å²) in [6.07, 6.45) is 20.4. The maximum atomic E-state index is 11.6. The van der Waals surface area contributed by atoms with Gasteiger partial charge in [0.2, 0.25) is 0 Å². The zero-order chi connectivity index (χ0) is 41.5. The fourth-order valence-electron chi connectivity index (χ4n) is 4.62. The summed E-state index contributed by atoms with van der Waals surface area (Å²) in [4.78, 5) is 34.8. The number of carbonyl (C=O) groups is 3. The molecule has 8 heteroatoms. The van der Waals surface area contributed by atoms with E-state index in [1.54, 1.807) is 38.5 Å². The molecule has 0 aliphatic rings. The van der Waals surface area contributed by atoms with Gasteiger partial charge in [0, 0.05) is 40.8 Å². The molecule has 0 saturated carbocycles. The molecule has 60 heavy (non-hydrogen) atoms. The number of Topliss-reactive ketones (excluding diaryl/α,β-unsaturated/α-hetero) is 3. The molecule has 0 aromatic heterocycles. The molecule has 0 radical (unpaired) electrons. The zero-order valence-electron chi connectivity index (χ0n) is 32.3. The van der Waals surface area contributed by atoms with Gasteiger partial charge in [0.25, 0.3) is 0 Å². The minimum Gasteiger partial charge on any atom is -0.394 e. The summed E-state index contributed by atoms with van der Waals surface area (Å²) >= 11 is 14.4. The largest absolute Gasteiger partial charge is 0.394 e. The first-order chi connectivity index (χ1) is 28.3. The predicted molar refractivity (Wildman–Crippen MR) is 241 cm³/mol. The normalized spacial score (nSPS) is 9.00. The Bertz CT molecular complexity index is 1590. The Labute approximate surface area is 401 Å². The predicted octanol–water partition coefficient (Wildman–Crippen LogP) is 12.4. The quantitative estimate of drug-likeness (QED) is 0.0490. The van der Waals surface area contributed by atoms with Crippen LogP contribution in [0, 0.1) is 77.0 Å². The summed E-state index contributed by atoms with van der Waals surface area (Å²) in [5.74, 6) is -0.0341. The summed E-state index contributed by atoms with van der Waals surface area (Å²) in [7, 11) is 0. The summed E-state index contributed by atoms with van der Waals surface area (Å²) < 4.78 is -0.750. The van der Waals surface area contributed by atoms with Crippen LogP contribution in [-0.4, -0.2) is 21.6 Å².